The summed E-state index contributed by atoms with van der Waals surface area (Å²) in [6.07, 6.45) is -0.200. The summed E-state index contributed by atoms with van der Waals surface area (Å²) in [4.78, 5) is 38.7. The predicted octanol–water partition coefficient (Wildman–Crippen LogP) is 2.14. The molecule has 7 heteroatoms. The van der Waals surface area contributed by atoms with Crippen molar-refractivity contribution in [2.45, 2.75) is 32.9 Å². The second kappa shape index (κ2) is 9.91. The van der Waals surface area contributed by atoms with Gasteiger partial charge in [-0.3, -0.25) is 14.4 Å². The smallest absolute Gasteiger partial charge is 0.308 e. The maximum Gasteiger partial charge on any atom is 0.308 e. The van der Waals surface area contributed by atoms with Crippen LogP contribution in [0.2, 0.25) is 0 Å². The number of amides is 2. The SMILES string of the molecule is Cc1cc(C)cc(OCC(=O)N2CCNC(=O)[C@@H]2CC(=O)OCc2ccccc2)c1. The summed E-state index contributed by atoms with van der Waals surface area (Å²) in [5.41, 5.74) is 2.93. The monoisotopic (exact) mass is 410 g/mol. The van der Waals surface area contributed by atoms with Crippen molar-refractivity contribution in [1.82, 2.24) is 10.2 Å². The molecule has 3 rings (SSSR count). The van der Waals surface area contributed by atoms with Gasteiger partial charge in [0, 0.05) is 13.1 Å². The highest BCUT2D eigenvalue weighted by Gasteiger charge is 2.35. The molecule has 1 heterocycles. The van der Waals surface area contributed by atoms with Crippen LogP contribution in [0.3, 0.4) is 0 Å². The summed E-state index contributed by atoms with van der Waals surface area (Å²) in [6, 6.07) is 14.1. The molecule has 2 amide bonds. The number of benzene rings is 2. The van der Waals surface area contributed by atoms with E-state index in [-0.39, 0.29) is 31.4 Å². The Bertz CT molecular complexity index is 893. The van der Waals surface area contributed by atoms with Crippen molar-refractivity contribution in [3.8, 4) is 5.75 Å². The van der Waals surface area contributed by atoms with Gasteiger partial charge in [-0.2, -0.15) is 0 Å². The van der Waals surface area contributed by atoms with Gasteiger partial charge in [-0.05, 0) is 42.7 Å². The summed E-state index contributed by atoms with van der Waals surface area (Å²) < 4.78 is 10.9. The molecule has 30 heavy (non-hydrogen) atoms. The van der Waals surface area contributed by atoms with Gasteiger partial charge in [-0.15, -0.1) is 0 Å². The van der Waals surface area contributed by atoms with Gasteiger partial charge in [0.25, 0.3) is 5.91 Å². The van der Waals surface area contributed by atoms with E-state index in [2.05, 4.69) is 5.32 Å². The molecule has 0 bridgehead atoms. The number of carbonyl (C=O) groups excluding carboxylic acids is 3. The molecule has 0 unspecified atom stereocenters. The van der Waals surface area contributed by atoms with Crippen LogP contribution in [0.4, 0.5) is 0 Å². The van der Waals surface area contributed by atoms with E-state index >= 15 is 0 Å². The van der Waals surface area contributed by atoms with Crippen molar-refractivity contribution in [1.29, 1.82) is 0 Å². The van der Waals surface area contributed by atoms with Gasteiger partial charge in [0.05, 0.1) is 6.42 Å². The molecule has 0 radical (unpaired) electrons. The zero-order chi connectivity index (χ0) is 21.5. The lowest BCUT2D eigenvalue weighted by Gasteiger charge is -2.34. The van der Waals surface area contributed by atoms with Gasteiger partial charge in [-0.25, -0.2) is 0 Å². The van der Waals surface area contributed by atoms with Gasteiger partial charge >= 0.3 is 5.97 Å². The highest BCUT2D eigenvalue weighted by Crippen LogP contribution is 2.17. The molecule has 7 nitrogen and oxygen atoms in total. The van der Waals surface area contributed by atoms with Crippen LogP contribution >= 0.6 is 0 Å². The van der Waals surface area contributed by atoms with E-state index < -0.39 is 12.0 Å². The fraction of sp³-hybridized carbons (Fsp3) is 0.348. The maximum atomic E-state index is 12.7. The molecule has 0 saturated carbocycles. The van der Waals surface area contributed by atoms with Crippen molar-refractivity contribution >= 4 is 17.8 Å². The molecule has 158 valence electrons. The zero-order valence-electron chi connectivity index (χ0n) is 17.2. The first-order valence-electron chi connectivity index (χ1n) is 9.90. The summed E-state index contributed by atoms with van der Waals surface area (Å²) >= 11 is 0. The average molecular weight is 410 g/mol. The summed E-state index contributed by atoms with van der Waals surface area (Å²) in [5.74, 6) is -0.641. The molecule has 1 aliphatic rings. The third kappa shape index (κ3) is 5.83. The quantitative estimate of drug-likeness (QED) is 0.707. The number of hydrogen-bond acceptors (Lipinski definition) is 5. The Balaban J connectivity index is 1.58. The Morgan fingerprint density at radius 3 is 2.50 bits per heavy atom. The lowest BCUT2D eigenvalue weighted by atomic mass is 10.1. The molecule has 0 aliphatic carbocycles. The second-order valence-corrected chi connectivity index (χ2v) is 7.36. The van der Waals surface area contributed by atoms with E-state index in [0.717, 1.165) is 16.7 Å². The van der Waals surface area contributed by atoms with Gasteiger partial charge in [0.1, 0.15) is 18.4 Å². The predicted molar refractivity (Wildman–Crippen MR) is 111 cm³/mol. The molecule has 1 atom stereocenters. The topological polar surface area (TPSA) is 84.9 Å². The molecule has 2 aromatic rings. The van der Waals surface area contributed by atoms with Gasteiger partial charge < -0.3 is 19.7 Å². The fourth-order valence-corrected chi connectivity index (χ4v) is 3.42. The van der Waals surface area contributed by atoms with Crippen LogP contribution in [0.5, 0.6) is 5.75 Å². The number of nitrogens with one attached hydrogen (secondary N) is 1. The van der Waals surface area contributed by atoms with E-state index in [1.54, 1.807) is 0 Å². The second-order valence-electron chi connectivity index (χ2n) is 7.36. The molecule has 1 aliphatic heterocycles. The van der Waals surface area contributed by atoms with Crippen LogP contribution in [-0.2, 0) is 25.7 Å². The Kier molecular flexibility index (Phi) is 7.06. The lowest BCUT2D eigenvalue weighted by Crippen LogP contribution is -2.58. The Hall–Kier alpha value is -3.35. The fourth-order valence-electron chi connectivity index (χ4n) is 3.42. The van der Waals surface area contributed by atoms with Gasteiger partial charge in [0.2, 0.25) is 5.91 Å². The summed E-state index contributed by atoms with van der Waals surface area (Å²) in [5, 5.41) is 2.70. The van der Waals surface area contributed by atoms with Crippen LogP contribution in [0.15, 0.2) is 48.5 Å². The Morgan fingerprint density at radius 1 is 1.10 bits per heavy atom. The van der Waals surface area contributed by atoms with Crippen LogP contribution in [-0.4, -0.2) is 48.4 Å². The number of ether oxygens (including phenoxy) is 2. The van der Waals surface area contributed by atoms with E-state index in [1.807, 2.05) is 62.4 Å². The van der Waals surface area contributed by atoms with E-state index in [1.165, 1.54) is 4.90 Å². The van der Waals surface area contributed by atoms with Gasteiger partial charge in [0.15, 0.2) is 6.61 Å². The molecule has 0 aromatic heterocycles. The van der Waals surface area contributed by atoms with Crippen LogP contribution in [0, 0.1) is 13.8 Å². The number of rotatable bonds is 7. The number of nitrogens with zero attached hydrogens (tertiary/aromatic N) is 1. The van der Waals surface area contributed by atoms with E-state index in [4.69, 9.17) is 9.47 Å². The minimum atomic E-state index is -0.905. The first-order chi connectivity index (χ1) is 14.4. The average Bonchev–Trinajstić information content (AvgIpc) is 2.72. The lowest BCUT2D eigenvalue weighted by molar-refractivity contribution is -0.153. The normalized spacial score (nSPS) is 16.0. The van der Waals surface area contributed by atoms with E-state index in [9.17, 15) is 14.4 Å². The van der Waals surface area contributed by atoms with Crippen molar-refractivity contribution < 1.29 is 23.9 Å². The first kappa shape index (κ1) is 21.4. The van der Waals surface area contributed by atoms with Crippen LogP contribution in [0.25, 0.3) is 0 Å². The van der Waals surface area contributed by atoms with Crippen LogP contribution < -0.4 is 10.1 Å². The standard InChI is InChI=1S/C23H26N2O5/c1-16-10-17(2)12-19(11-16)29-15-21(26)25-9-8-24-23(28)20(25)13-22(27)30-14-18-6-4-3-5-7-18/h3-7,10-12,20H,8-9,13-15H2,1-2H3,(H,24,28)/t20-/m0/s1. The van der Waals surface area contributed by atoms with Crippen molar-refractivity contribution in [2.75, 3.05) is 19.7 Å². The van der Waals surface area contributed by atoms with E-state index in [0.29, 0.717) is 18.8 Å². The molecule has 0 spiro atoms. The summed E-state index contributed by atoms with van der Waals surface area (Å²) in [7, 11) is 0. The highest BCUT2D eigenvalue weighted by atomic mass is 16.5. The molecule has 1 N–H and O–H groups in total. The Morgan fingerprint density at radius 2 is 1.80 bits per heavy atom. The number of aryl methyl sites for hydroxylation is 2. The highest BCUT2D eigenvalue weighted by molar-refractivity contribution is 5.92. The third-order valence-corrected chi connectivity index (χ3v) is 4.81. The van der Waals surface area contributed by atoms with Crippen molar-refractivity contribution in [2.24, 2.45) is 0 Å². The van der Waals surface area contributed by atoms with Crippen molar-refractivity contribution in [3.63, 3.8) is 0 Å². The number of hydrogen-bond donors (Lipinski definition) is 1. The number of esters is 1. The van der Waals surface area contributed by atoms with Crippen LogP contribution in [0.1, 0.15) is 23.1 Å². The minimum absolute atomic E-state index is 0.123. The maximum absolute atomic E-state index is 12.7. The third-order valence-electron chi connectivity index (χ3n) is 4.81. The molecular formula is C23H26N2O5. The van der Waals surface area contributed by atoms with Crippen molar-refractivity contribution in [3.05, 3.63) is 65.2 Å². The zero-order valence-corrected chi connectivity index (χ0v) is 17.2. The van der Waals surface area contributed by atoms with Gasteiger partial charge in [-0.1, -0.05) is 36.4 Å². The molecular weight excluding hydrogens is 384 g/mol. The largest absolute Gasteiger partial charge is 0.484 e. The number of piperazine rings is 1. The Labute approximate surface area is 176 Å². The first-order valence-corrected chi connectivity index (χ1v) is 9.90. The molecule has 1 saturated heterocycles. The molecule has 2 aromatic carbocycles. The number of carbonyl (C=O) groups is 3. The molecule has 1 fully saturated rings. The summed E-state index contributed by atoms with van der Waals surface area (Å²) in [6.45, 7) is 4.48. The minimum Gasteiger partial charge on any atom is -0.484 e.